The van der Waals surface area contributed by atoms with E-state index in [0.717, 1.165) is 16.8 Å². The van der Waals surface area contributed by atoms with Gasteiger partial charge in [-0.25, -0.2) is 4.98 Å². The first-order valence-corrected chi connectivity index (χ1v) is 9.85. The first kappa shape index (κ1) is 21.1. The number of aromatic nitrogens is 1. The van der Waals surface area contributed by atoms with E-state index in [-0.39, 0.29) is 30.9 Å². The van der Waals surface area contributed by atoms with Crippen molar-refractivity contribution in [1.82, 2.24) is 15.2 Å². The number of rotatable bonds is 7. The van der Waals surface area contributed by atoms with Gasteiger partial charge in [0, 0.05) is 17.0 Å². The van der Waals surface area contributed by atoms with Crippen LogP contribution in [0.3, 0.4) is 0 Å². The van der Waals surface area contributed by atoms with Crippen LogP contribution in [0.15, 0.2) is 17.5 Å². The number of aryl methyl sites for hydroxylation is 3. The minimum atomic E-state index is -0.187. The number of anilines is 1. The van der Waals surface area contributed by atoms with E-state index < -0.39 is 0 Å². The molecule has 0 atom stereocenters. The molecule has 2 aromatic rings. The van der Waals surface area contributed by atoms with E-state index in [1.807, 2.05) is 19.2 Å². The lowest BCUT2D eigenvalue weighted by Crippen LogP contribution is -2.41. The molecule has 0 aliphatic rings. The van der Waals surface area contributed by atoms with Crippen LogP contribution < -0.4 is 10.6 Å². The Bertz CT molecular complexity index is 829. The normalized spacial score (nSPS) is 11.1. The van der Waals surface area contributed by atoms with Gasteiger partial charge < -0.3 is 10.6 Å². The summed E-state index contributed by atoms with van der Waals surface area (Å²) in [6, 6.07) is 4.37. The molecule has 0 aliphatic heterocycles. The van der Waals surface area contributed by atoms with Crippen LogP contribution in [0, 0.1) is 20.8 Å². The fourth-order valence-corrected chi connectivity index (χ4v) is 3.49. The molecule has 6 nitrogen and oxygen atoms in total. The van der Waals surface area contributed by atoms with Crippen molar-refractivity contribution >= 4 is 28.3 Å². The molecule has 0 aliphatic carbocycles. The summed E-state index contributed by atoms with van der Waals surface area (Å²) in [5, 5.41) is 8.14. The fourth-order valence-electron chi connectivity index (χ4n) is 2.76. The van der Waals surface area contributed by atoms with E-state index >= 15 is 0 Å². The van der Waals surface area contributed by atoms with Crippen LogP contribution in [-0.4, -0.2) is 47.9 Å². The van der Waals surface area contributed by atoms with Crippen LogP contribution in [0.5, 0.6) is 0 Å². The van der Waals surface area contributed by atoms with Gasteiger partial charge in [0.15, 0.2) is 5.13 Å². The minimum absolute atomic E-state index is 0.0855. The van der Waals surface area contributed by atoms with E-state index in [1.54, 1.807) is 11.9 Å². The Morgan fingerprint density at radius 1 is 1.07 bits per heavy atom. The van der Waals surface area contributed by atoms with Gasteiger partial charge in [-0.2, -0.15) is 0 Å². The Morgan fingerprint density at radius 3 is 2.37 bits per heavy atom. The van der Waals surface area contributed by atoms with Gasteiger partial charge in [0.2, 0.25) is 11.8 Å². The Balaban J connectivity index is 1.96. The molecular formula is C20H28N4O2S. The van der Waals surface area contributed by atoms with Crippen molar-refractivity contribution in [2.24, 2.45) is 0 Å². The van der Waals surface area contributed by atoms with Gasteiger partial charge in [0.05, 0.1) is 18.8 Å². The number of nitrogens with zero attached hydrogens (tertiary/aromatic N) is 2. The van der Waals surface area contributed by atoms with Crippen molar-refractivity contribution in [2.45, 2.75) is 40.7 Å². The average Bonchev–Trinajstić information content (AvgIpc) is 2.97. The topological polar surface area (TPSA) is 74.3 Å². The van der Waals surface area contributed by atoms with Gasteiger partial charge >= 0.3 is 0 Å². The van der Waals surface area contributed by atoms with E-state index in [9.17, 15) is 9.59 Å². The zero-order chi connectivity index (χ0) is 20.1. The second kappa shape index (κ2) is 9.10. The van der Waals surface area contributed by atoms with Gasteiger partial charge in [-0.3, -0.25) is 14.5 Å². The summed E-state index contributed by atoms with van der Waals surface area (Å²) in [4.78, 5) is 30.2. The van der Waals surface area contributed by atoms with Crippen LogP contribution in [0.25, 0.3) is 11.3 Å². The van der Waals surface area contributed by atoms with Gasteiger partial charge in [-0.05, 0) is 64.4 Å². The molecule has 0 saturated carbocycles. The first-order valence-electron chi connectivity index (χ1n) is 8.97. The Hall–Kier alpha value is -2.25. The smallest absolute Gasteiger partial charge is 0.240 e. The molecular weight excluding hydrogens is 360 g/mol. The third kappa shape index (κ3) is 6.15. The number of nitrogens with one attached hydrogen (secondary N) is 2. The highest BCUT2D eigenvalue weighted by Crippen LogP contribution is 2.29. The largest absolute Gasteiger partial charge is 0.353 e. The highest BCUT2D eigenvalue weighted by Gasteiger charge is 2.14. The van der Waals surface area contributed by atoms with Crippen molar-refractivity contribution < 1.29 is 9.59 Å². The molecule has 146 valence electrons. The molecule has 0 radical (unpaired) electrons. The minimum Gasteiger partial charge on any atom is -0.353 e. The molecule has 0 fully saturated rings. The highest BCUT2D eigenvalue weighted by molar-refractivity contribution is 7.14. The third-order valence-corrected chi connectivity index (χ3v) is 4.90. The van der Waals surface area contributed by atoms with E-state index in [0.29, 0.717) is 5.13 Å². The Labute approximate surface area is 165 Å². The summed E-state index contributed by atoms with van der Waals surface area (Å²) < 4.78 is 0. The predicted molar refractivity (Wildman–Crippen MR) is 111 cm³/mol. The highest BCUT2D eigenvalue weighted by atomic mass is 32.1. The number of carbonyl (C=O) groups is 2. The van der Waals surface area contributed by atoms with Gasteiger partial charge in [0.1, 0.15) is 0 Å². The van der Waals surface area contributed by atoms with Crippen molar-refractivity contribution in [3.05, 3.63) is 34.2 Å². The summed E-state index contributed by atoms with van der Waals surface area (Å²) in [5.74, 6) is -0.283. The fraction of sp³-hybridized carbons (Fsp3) is 0.450. The monoisotopic (exact) mass is 388 g/mol. The maximum atomic E-state index is 12.2. The lowest BCUT2D eigenvalue weighted by Gasteiger charge is -2.16. The molecule has 0 spiro atoms. The summed E-state index contributed by atoms with van der Waals surface area (Å²) in [7, 11) is 1.74. The quantitative estimate of drug-likeness (QED) is 0.764. The van der Waals surface area contributed by atoms with Crippen LogP contribution in [0.4, 0.5) is 5.13 Å². The maximum Gasteiger partial charge on any atom is 0.240 e. The van der Waals surface area contributed by atoms with Crippen molar-refractivity contribution in [2.75, 3.05) is 25.5 Å². The molecule has 0 saturated heterocycles. The molecule has 27 heavy (non-hydrogen) atoms. The van der Waals surface area contributed by atoms with E-state index in [4.69, 9.17) is 0 Å². The average molecular weight is 389 g/mol. The number of hydrogen-bond donors (Lipinski definition) is 2. The second-order valence-corrected chi connectivity index (χ2v) is 8.09. The zero-order valence-corrected chi connectivity index (χ0v) is 17.7. The summed E-state index contributed by atoms with van der Waals surface area (Å²) >= 11 is 1.40. The van der Waals surface area contributed by atoms with Crippen molar-refractivity contribution in [3.63, 3.8) is 0 Å². The number of amides is 2. The number of benzene rings is 1. The van der Waals surface area contributed by atoms with Crippen LogP contribution in [0.1, 0.15) is 30.5 Å². The molecule has 2 rings (SSSR count). The first-order chi connectivity index (χ1) is 12.7. The molecule has 1 aromatic heterocycles. The molecule has 7 heteroatoms. The number of carbonyl (C=O) groups excluding carboxylic acids is 2. The molecule has 2 amide bonds. The lowest BCUT2D eigenvalue weighted by molar-refractivity contribution is -0.123. The Morgan fingerprint density at radius 2 is 1.70 bits per heavy atom. The molecule has 1 aromatic carbocycles. The maximum absolute atomic E-state index is 12.2. The lowest BCUT2D eigenvalue weighted by atomic mass is 9.99. The summed E-state index contributed by atoms with van der Waals surface area (Å²) in [6.45, 7) is 10.4. The predicted octanol–water partition coefficient (Wildman–Crippen LogP) is 3.13. The standard InChI is InChI=1S/C20H28N4O2S/c1-12(2)21-18(25)9-24(6)10-19(26)23-20-22-17(11-27-20)16-8-14(4)13(3)7-15(16)5/h7-8,11-12H,9-10H2,1-6H3,(H,21,25)(H,22,23,26). The summed E-state index contributed by atoms with van der Waals surface area (Å²) in [6.07, 6.45) is 0. The van der Waals surface area contributed by atoms with Crippen LogP contribution in [0.2, 0.25) is 0 Å². The van der Waals surface area contributed by atoms with Gasteiger partial charge in [-0.15, -0.1) is 11.3 Å². The van der Waals surface area contributed by atoms with Crippen LogP contribution in [-0.2, 0) is 9.59 Å². The third-order valence-electron chi connectivity index (χ3n) is 4.14. The van der Waals surface area contributed by atoms with E-state index in [2.05, 4.69) is 48.5 Å². The van der Waals surface area contributed by atoms with Gasteiger partial charge in [0.25, 0.3) is 0 Å². The number of hydrogen-bond acceptors (Lipinski definition) is 5. The number of thiazole rings is 1. The van der Waals surface area contributed by atoms with E-state index in [1.165, 1.54) is 22.5 Å². The molecule has 1 heterocycles. The molecule has 0 unspecified atom stereocenters. The van der Waals surface area contributed by atoms with Gasteiger partial charge in [-0.1, -0.05) is 6.07 Å². The Kier molecular flexibility index (Phi) is 7.10. The number of likely N-dealkylation sites (N-methyl/N-ethyl adjacent to an activating group) is 1. The molecule has 0 bridgehead atoms. The SMILES string of the molecule is Cc1cc(C)c(-c2csc(NC(=O)CN(C)CC(=O)NC(C)C)n2)cc1C. The van der Waals surface area contributed by atoms with Crippen molar-refractivity contribution in [1.29, 1.82) is 0 Å². The second-order valence-electron chi connectivity index (χ2n) is 7.23. The summed E-state index contributed by atoms with van der Waals surface area (Å²) in [5.41, 5.74) is 5.58. The van der Waals surface area contributed by atoms with Crippen molar-refractivity contribution in [3.8, 4) is 11.3 Å². The zero-order valence-electron chi connectivity index (χ0n) is 16.8. The molecule has 2 N–H and O–H groups in total. The van der Waals surface area contributed by atoms with Crippen LogP contribution >= 0.6 is 11.3 Å².